The number of hydrogen-bond acceptors (Lipinski definition) is 2. The summed E-state index contributed by atoms with van der Waals surface area (Å²) in [7, 11) is 0. The molecule has 2 rings (SSSR count). The summed E-state index contributed by atoms with van der Waals surface area (Å²) < 4.78 is 2.36. The standard InChI is InChI=1S/C12H21N3/c1-4-9(2)10(3)15-8-14-7-12(15)11-5-13-6-11/h7-11,13H,4-6H2,1-3H3. The minimum atomic E-state index is 0.563. The summed E-state index contributed by atoms with van der Waals surface area (Å²) in [4.78, 5) is 4.30. The van der Waals surface area contributed by atoms with Crippen LogP contribution in [0.5, 0.6) is 0 Å². The molecule has 0 amide bonds. The molecule has 0 aliphatic carbocycles. The Morgan fingerprint density at radius 1 is 1.53 bits per heavy atom. The van der Waals surface area contributed by atoms with E-state index in [0.717, 1.165) is 13.1 Å². The van der Waals surface area contributed by atoms with Crippen molar-refractivity contribution in [2.24, 2.45) is 5.92 Å². The zero-order valence-electron chi connectivity index (χ0n) is 9.90. The van der Waals surface area contributed by atoms with Crippen molar-refractivity contribution in [2.45, 2.75) is 39.2 Å². The van der Waals surface area contributed by atoms with E-state index < -0.39 is 0 Å². The van der Waals surface area contributed by atoms with E-state index in [9.17, 15) is 0 Å². The maximum atomic E-state index is 4.30. The van der Waals surface area contributed by atoms with E-state index >= 15 is 0 Å². The predicted molar refractivity (Wildman–Crippen MR) is 62.0 cm³/mol. The Kier molecular flexibility index (Phi) is 3.10. The van der Waals surface area contributed by atoms with Gasteiger partial charge >= 0.3 is 0 Å². The van der Waals surface area contributed by atoms with E-state index in [1.165, 1.54) is 12.1 Å². The topological polar surface area (TPSA) is 29.9 Å². The molecule has 2 heterocycles. The van der Waals surface area contributed by atoms with Crippen LogP contribution in [0.3, 0.4) is 0 Å². The smallest absolute Gasteiger partial charge is 0.0950 e. The average Bonchev–Trinajstić information content (AvgIpc) is 2.61. The monoisotopic (exact) mass is 207 g/mol. The van der Waals surface area contributed by atoms with Gasteiger partial charge in [0.25, 0.3) is 0 Å². The molecule has 2 atom stereocenters. The molecule has 15 heavy (non-hydrogen) atoms. The van der Waals surface area contributed by atoms with Gasteiger partial charge in [-0.05, 0) is 12.8 Å². The summed E-state index contributed by atoms with van der Waals surface area (Å²) in [5, 5.41) is 3.32. The van der Waals surface area contributed by atoms with Gasteiger partial charge in [-0.2, -0.15) is 0 Å². The lowest BCUT2D eigenvalue weighted by atomic mass is 9.96. The van der Waals surface area contributed by atoms with Gasteiger partial charge < -0.3 is 9.88 Å². The van der Waals surface area contributed by atoms with Crippen LogP contribution in [0.15, 0.2) is 12.5 Å². The maximum absolute atomic E-state index is 4.30. The summed E-state index contributed by atoms with van der Waals surface area (Å²) in [5.74, 6) is 1.39. The van der Waals surface area contributed by atoms with E-state index in [2.05, 4.69) is 35.6 Å². The Bertz CT molecular complexity index is 314. The Morgan fingerprint density at radius 2 is 2.27 bits per heavy atom. The molecular formula is C12H21N3. The van der Waals surface area contributed by atoms with Gasteiger partial charge in [0.1, 0.15) is 0 Å². The van der Waals surface area contributed by atoms with Gasteiger partial charge in [-0.3, -0.25) is 0 Å². The van der Waals surface area contributed by atoms with Gasteiger partial charge in [-0.1, -0.05) is 20.3 Å². The molecule has 3 heteroatoms. The van der Waals surface area contributed by atoms with Crippen LogP contribution in [0.4, 0.5) is 0 Å². The van der Waals surface area contributed by atoms with Gasteiger partial charge in [0.15, 0.2) is 0 Å². The highest BCUT2D eigenvalue weighted by molar-refractivity contribution is 5.12. The van der Waals surface area contributed by atoms with Crippen molar-refractivity contribution in [2.75, 3.05) is 13.1 Å². The first-order valence-electron chi connectivity index (χ1n) is 5.96. The summed E-state index contributed by atoms with van der Waals surface area (Å²) in [5.41, 5.74) is 1.40. The first-order valence-corrected chi connectivity index (χ1v) is 5.96. The number of imidazole rings is 1. The predicted octanol–water partition coefficient (Wildman–Crippen LogP) is 2.18. The molecule has 84 valence electrons. The second-order valence-electron chi connectivity index (χ2n) is 4.71. The molecule has 1 aliphatic heterocycles. The first-order chi connectivity index (χ1) is 7.24. The number of nitrogens with zero attached hydrogens (tertiary/aromatic N) is 2. The van der Waals surface area contributed by atoms with Crippen molar-refractivity contribution in [1.29, 1.82) is 0 Å². The van der Waals surface area contributed by atoms with Gasteiger partial charge in [0.05, 0.1) is 6.33 Å². The molecule has 0 spiro atoms. The number of nitrogens with one attached hydrogen (secondary N) is 1. The molecular weight excluding hydrogens is 186 g/mol. The minimum absolute atomic E-state index is 0.563. The Balaban J connectivity index is 2.16. The number of aromatic nitrogens is 2. The van der Waals surface area contributed by atoms with Gasteiger partial charge in [-0.15, -0.1) is 0 Å². The largest absolute Gasteiger partial charge is 0.331 e. The molecule has 1 aromatic rings. The van der Waals surface area contributed by atoms with E-state index in [-0.39, 0.29) is 0 Å². The fourth-order valence-corrected chi connectivity index (χ4v) is 2.08. The van der Waals surface area contributed by atoms with Crippen molar-refractivity contribution in [3.63, 3.8) is 0 Å². The third-order valence-corrected chi connectivity index (χ3v) is 3.80. The molecule has 1 N–H and O–H groups in total. The van der Waals surface area contributed by atoms with Crippen LogP contribution >= 0.6 is 0 Å². The number of rotatable bonds is 4. The fourth-order valence-electron chi connectivity index (χ4n) is 2.08. The molecule has 0 bridgehead atoms. The van der Waals surface area contributed by atoms with Gasteiger partial charge in [0.2, 0.25) is 0 Å². The van der Waals surface area contributed by atoms with E-state index in [1.54, 1.807) is 0 Å². The molecule has 3 nitrogen and oxygen atoms in total. The van der Waals surface area contributed by atoms with Crippen LogP contribution < -0.4 is 5.32 Å². The van der Waals surface area contributed by atoms with Crippen LogP contribution in [0.2, 0.25) is 0 Å². The average molecular weight is 207 g/mol. The second-order valence-corrected chi connectivity index (χ2v) is 4.71. The van der Waals surface area contributed by atoms with E-state index in [4.69, 9.17) is 0 Å². The minimum Gasteiger partial charge on any atom is -0.331 e. The fraction of sp³-hybridized carbons (Fsp3) is 0.750. The molecule has 1 saturated heterocycles. The van der Waals surface area contributed by atoms with Crippen molar-refractivity contribution in [3.05, 3.63) is 18.2 Å². The first kappa shape index (κ1) is 10.7. The van der Waals surface area contributed by atoms with Crippen molar-refractivity contribution in [3.8, 4) is 0 Å². The summed E-state index contributed by atoms with van der Waals surface area (Å²) in [6.45, 7) is 9.08. The van der Waals surface area contributed by atoms with Crippen LogP contribution in [-0.4, -0.2) is 22.6 Å². The molecule has 1 fully saturated rings. The molecule has 1 aromatic heterocycles. The number of hydrogen-bond donors (Lipinski definition) is 1. The maximum Gasteiger partial charge on any atom is 0.0950 e. The second kappa shape index (κ2) is 4.35. The lowest BCUT2D eigenvalue weighted by Crippen LogP contribution is -2.41. The Hall–Kier alpha value is -0.830. The van der Waals surface area contributed by atoms with Gasteiger partial charge in [-0.25, -0.2) is 4.98 Å². The highest BCUT2D eigenvalue weighted by Gasteiger charge is 2.24. The lowest BCUT2D eigenvalue weighted by molar-refractivity contribution is 0.340. The molecule has 0 radical (unpaired) electrons. The Morgan fingerprint density at radius 3 is 2.80 bits per heavy atom. The summed E-state index contributed by atoms with van der Waals surface area (Å²) in [6.07, 6.45) is 5.25. The van der Waals surface area contributed by atoms with Crippen LogP contribution in [-0.2, 0) is 0 Å². The summed E-state index contributed by atoms with van der Waals surface area (Å²) in [6, 6.07) is 0.563. The zero-order chi connectivity index (χ0) is 10.8. The van der Waals surface area contributed by atoms with Crippen molar-refractivity contribution in [1.82, 2.24) is 14.9 Å². The third kappa shape index (κ3) is 1.93. The quantitative estimate of drug-likeness (QED) is 0.820. The summed E-state index contributed by atoms with van der Waals surface area (Å²) >= 11 is 0. The highest BCUT2D eigenvalue weighted by atomic mass is 15.1. The highest BCUT2D eigenvalue weighted by Crippen LogP contribution is 2.27. The van der Waals surface area contributed by atoms with Crippen LogP contribution in [0.1, 0.15) is 44.8 Å². The SMILES string of the molecule is CCC(C)C(C)n1cncc1C1CNC1. The Labute approximate surface area is 91.9 Å². The molecule has 1 aliphatic rings. The third-order valence-electron chi connectivity index (χ3n) is 3.80. The van der Waals surface area contributed by atoms with Crippen molar-refractivity contribution < 1.29 is 0 Å². The molecule has 0 aromatic carbocycles. The van der Waals surface area contributed by atoms with Crippen LogP contribution in [0.25, 0.3) is 0 Å². The normalized spacial score (nSPS) is 21.0. The van der Waals surface area contributed by atoms with E-state index in [0.29, 0.717) is 17.9 Å². The van der Waals surface area contributed by atoms with Gasteiger partial charge in [0, 0.05) is 36.9 Å². The molecule has 2 unspecified atom stereocenters. The zero-order valence-corrected chi connectivity index (χ0v) is 9.90. The van der Waals surface area contributed by atoms with Crippen LogP contribution in [0, 0.1) is 5.92 Å². The van der Waals surface area contributed by atoms with Crippen molar-refractivity contribution >= 4 is 0 Å². The van der Waals surface area contributed by atoms with E-state index in [1.807, 2.05) is 12.5 Å². The molecule has 0 saturated carbocycles. The lowest BCUT2D eigenvalue weighted by Gasteiger charge is -2.31.